The van der Waals surface area contributed by atoms with Crippen LogP contribution in [0.15, 0.2) is 4.99 Å². The molecule has 4 heteroatoms. The van der Waals surface area contributed by atoms with Gasteiger partial charge in [-0.2, -0.15) is 0 Å². The monoisotopic (exact) mass is 353 g/mol. The fraction of sp³-hybridized carbons (Fsp3) is 0.923. The molecule has 17 heavy (non-hydrogen) atoms. The minimum atomic E-state index is 0. The molecular formula is C13H28IN3. The molecule has 2 atom stereocenters. The summed E-state index contributed by atoms with van der Waals surface area (Å²) >= 11 is 0. The van der Waals surface area contributed by atoms with E-state index < -0.39 is 0 Å². The smallest absolute Gasteiger partial charge is 0.191 e. The van der Waals surface area contributed by atoms with Crippen LogP contribution in [0.4, 0.5) is 0 Å². The van der Waals surface area contributed by atoms with Gasteiger partial charge in [0, 0.05) is 18.1 Å². The second-order valence-corrected chi connectivity index (χ2v) is 5.73. The third kappa shape index (κ3) is 7.11. The Hall–Kier alpha value is 0. The maximum absolute atomic E-state index is 4.48. The van der Waals surface area contributed by atoms with Crippen LogP contribution in [0.3, 0.4) is 0 Å². The molecule has 0 aromatic rings. The van der Waals surface area contributed by atoms with Crippen LogP contribution in [-0.2, 0) is 0 Å². The van der Waals surface area contributed by atoms with Crippen molar-refractivity contribution in [2.75, 3.05) is 6.54 Å². The predicted molar refractivity (Wildman–Crippen MR) is 86.2 cm³/mol. The van der Waals surface area contributed by atoms with E-state index in [-0.39, 0.29) is 29.5 Å². The summed E-state index contributed by atoms with van der Waals surface area (Å²) in [6.07, 6.45) is 3.94. The van der Waals surface area contributed by atoms with Gasteiger partial charge >= 0.3 is 0 Å². The summed E-state index contributed by atoms with van der Waals surface area (Å²) in [5.41, 5.74) is 0.0795. The Morgan fingerprint density at radius 3 is 2.41 bits per heavy atom. The first kappa shape index (κ1) is 17.0. The predicted octanol–water partition coefficient (Wildman–Crippen LogP) is 3.15. The quantitative estimate of drug-likeness (QED) is 0.463. The molecule has 0 amide bonds. The SMILES string of the molecule is CCCC1CC1NC(=NCC)NC(C)(C)C.I. The molecule has 0 radical (unpaired) electrons. The summed E-state index contributed by atoms with van der Waals surface area (Å²) in [5, 5.41) is 6.95. The number of hydrogen-bond acceptors (Lipinski definition) is 1. The lowest BCUT2D eigenvalue weighted by Gasteiger charge is -2.24. The first-order valence-electron chi connectivity index (χ1n) is 6.55. The number of halogens is 1. The van der Waals surface area contributed by atoms with Gasteiger partial charge in [0.1, 0.15) is 0 Å². The molecule has 1 saturated carbocycles. The van der Waals surface area contributed by atoms with E-state index in [9.17, 15) is 0 Å². The van der Waals surface area contributed by atoms with E-state index in [1.807, 2.05) is 0 Å². The van der Waals surface area contributed by atoms with Crippen molar-refractivity contribution in [3.05, 3.63) is 0 Å². The summed E-state index contributed by atoms with van der Waals surface area (Å²) in [4.78, 5) is 4.48. The van der Waals surface area contributed by atoms with Gasteiger partial charge in [-0.25, -0.2) is 0 Å². The number of hydrogen-bond donors (Lipinski definition) is 2. The number of nitrogens with zero attached hydrogens (tertiary/aromatic N) is 1. The Bertz CT molecular complexity index is 246. The van der Waals surface area contributed by atoms with Crippen molar-refractivity contribution in [2.24, 2.45) is 10.9 Å². The largest absolute Gasteiger partial charge is 0.353 e. The summed E-state index contributed by atoms with van der Waals surface area (Å²) in [5.74, 6) is 1.84. The molecule has 1 fully saturated rings. The zero-order valence-corrected chi connectivity index (χ0v) is 14.2. The Morgan fingerprint density at radius 2 is 1.94 bits per heavy atom. The molecular weight excluding hydrogens is 325 g/mol. The van der Waals surface area contributed by atoms with Gasteiger partial charge in [-0.1, -0.05) is 13.3 Å². The zero-order chi connectivity index (χ0) is 12.2. The standard InChI is InChI=1S/C13H27N3.HI/c1-6-8-10-9-11(10)15-12(14-7-2)16-13(3,4)5;/h10-11H,6-9H2,1-5H3,(H2,14,15,16);1H. The molecule has 1 rings (SSSR count). The van der Waals surface area contributed by atoms with Gasteiger partial charge in [0.2, 0.25) is 0 Å². The second kappa shape index (κ2) is 7.44. The van der Waals surface area contributed by atoms with Crippen LogP contribution in [0.5, 0.6) is 0 Å². The molecule has 3 nitrogen and oxygen atoms in total. The Kier molecular flexibility index (Phi) is 7.44. The van der Waals surface area contributed by atoms with Gasteiger partial charge in [0.25, 0.3) is 0 Å². The molecule has 1 aliphatic rings. The number of aliphatic imine (C=N–C) groups is 1. The van der Waals surface area contributed by atoms with Crippen LogP contribution in [-0.4, -0.2) is 24.1 Å². The minimum absolute atomic E-state index is 0. The Labute approximate surface area is 123 Å². The van der Waals surface area contributed by atoms with Crippen LogP contribution in [0.1, 0.15) is 53.9 Å². The maximum atomic E-state index is 4.48. The van der Waals surface area contributed by atoms with E-state index in [1.54, 1.807) is 0 Å². The van der Waals surface area contributed by atoms with E-state index >= 15 is 0 Å². The Morgan fingerprint density at radius 1 is 1.29 bits per heavy atom. The molecule has 0 aromatic heterocycles. The normalized spacial score (nSPS) is 23.9. The third-order valence-electron chi connectivity index (χ3n) is 2.71. The van der Waals surface area contributed by atoms with E-state index in [0.717, 1.165) is 18.4 Å². The highest BCUT2D eigenvalue weighted by atomic mass is 127. The van der Waals surface area contributed by atoms with Crippen molar-refractivity contribution in [1.82, 2.24) is 10.6 Å². The highest BCUT2D eigenvalue weighted by Gasteiger charge is 2.36. The van der Waals surface area contributed by atoms with Crippen molar-refractivity contribution < 1.29 is 0 Å². The molecule has 0 aromatic carbocycles. The van der Waals surface area contributed by atoms with Crippen LogP contribution in [0.25, 0.3) is 0 Å². The molecule has 1 aliphatic carbocycles. The zero-order valence-electron chi connectivity index (χ0n) is 11.8. The molecule has 2 unspecified atom stereocenters. The van der Waals surface area contributed by atoms with E-state index in [4.69, 9.17) is 0 Å². The van der Waals surface area contributed by atoms with Crippen molar-refractivity contribution in [3.8, 4) is 0 Å². The summed E-state index contributed by atoms with van der Waals surface area (Å²) in [6.45, 7) is 11.6. The van der Waals surface area contributed by atoms with E-state index in [1.165, 1.54) is 19.3 Å². The van der Waals surface area contributed by atoms with Gasteiger partial charge < -0.3 is 10.6 Å². The lowest BCUT2D eigenvalue weighted by Crippen LogP contribution is -2.48. The molecule has 0 saturated heterocycles. The lowest BCUT2D eigenvalue weighted by atomic mass is 10.1. The van der Waals surface area contributed by atoms with Crippen molar-refractivity contribution in [2.45, 2.75) is 65.5 Å². The maximum Gasteiger partial charge on any atom is 0.191 e. The second-order valence-electron chi connectivity index (χ2n) is 5.73. The minimum Gasteiger partial charge on any atom is -0.353 e. The average Bonchev–Trinajstić information content (AvgIpc) is 2.81. The van der Waals surface area contributed by atoms with Crippen LogP contribution >= 0.6 is 24.0 Å². The summed E-state index contributed by atoms with van der Waals surface area (Å²) in [7, 11) is 0. The lowest BCUT2D eigenvalue weighted by molar-refractivity contribution is 0.498. The first-order valence-corrected chi connectivity index (χ1v) is 6.55. The summed E-state index contributed by atoms with van der Waals surface area (Å²) < 4.78 is 0. The molecule has 2 N–H and O–H groups in total. The summed E-state index contributed by atoms with van der Waals surface area (Å²) in [6, 6.07) is 0.653. The van der Waals surface area contributed by atoms with Crippen LogP contribution in [0.2, 0.25) is 0 Å². The first-order chi connectivity index (χ1) is 7.46. The topological polar surface area (TPSA) is 36.4 Å². The molecule has 0 spiro atoms. The van der Waals surface area contributed by atoms with Gasteiger partial charge in [0.05, 0.1) is 0 Å². The highest BCUT2D eigenvalue weighted by molar-refractivity contribution is 14.0. The van der Waals surface area contributed by atoms with E-state index in [0.29, 0.717) is 6.04 Å². The molecule has 0 heterocycles. The van der Waals surface area contributed by atoms with Crippen molar-refractivity contribution >= 4 is 29.9 Å². The van der Waals surface area contributed by atoms with Gasteiger partial charge in [-0.05, 0) is 46.5 Å². The van der Waals surface area contributed by atoms with Gasteiger partial charge in [-0.3, -0.25) is 4.99 Å². The molecule has 0 aliphatic heterocycles. The van der Waals surface area contributed by atoms with Crippen molar-refractivity contribution in [1.29, 1.82) is 0 Å². The van der Waals surface area contributed by atoms with Gasteiger partial charge in [-0.15, -0.1) is 24.0 Å². The number of rotatable bonds is 4. The highest BCUT2D eigenvalue weighted by Crippen LogP contribution is 2.34. The fourth-order valence-corrected chi connectivity index (χ4v) is 1.92. The molecule has 0 bridgehead atoms. The van der Waals surface area contributed by atoms with E-state index in [2.05, 4.69) is 50.2 Å². The average molecular weight is 353 g/mol. The molecule has 102 valence electrons. The number of nitrogens with one attached hydrogen (secondary N) is 2. The number of guanidine groups is 1. The fourth-order valence-electron chi connectivity index (χ4n) is 1.92. The van der Waals surface area contributed by atoms with Crippen LogP contribution < -0.4 is 10.6 Å². The van der Waals surface area contributed by atoms with Crippen molar-refractivity contribution in [3.63, 3.8) is 0 Å². The van der Waals surface area contributed by atoms with Crippen LogP contribution in [0, 0.1) is 5.92 Å². The third-order valence-corrected chi connectivity index (χ3v) is 2.71. The van der Waals surface area contributed by atoms with Gasteiger partial charge in [0.15, 0.2) is 5.96 Å². The Balaban J connectivity index is 0.00000256.